The molecular weight excluding hydrogens is 438 g/mol. The summed E-state index contributed by atoms with van der Waals surface area (Å²) in [5.41, 5.74) is 0.786. The number of hydrogen-bond donors (Lipinski definition) is 0. The molecule has 1 amide bonds. The van der Waals surface area contributed by atoms with Gasteiger partial charge in [0.05, 0.1) is 18.0 Å². The molecule has 32 heavy (non-hydrogen) atoms. The highest BCUT2D eigenvalue weighted by atomic mass is 32.1. The molecule has 0 aliphatic rings. The second kappa shape index (κ2) is 10.7. The van der Waals surface area contributed by atoms with Crippen LogP contribution in [-0.2, 0) is 9.53 Å². The highest BCUT2D eigenvalue weighted by molar-refractivity contribution is 7.14. The van der Waals surface area contributed by atoms with Crippen molar-refractivity contribution in [2.45, 2.75) is 6.92 Å². The number of nitrogens with zero attached hydrogens (tertiary/aromatic N) is 2. The fourth-order valence-corrected chi connectivity index (χ4v) is 3.59. The fraction of sp³-hybridized carbons (Fsp3) is 0.174. The number of ether oxygens (including phenoxy) is 2. The number of ketones is 1. The zero-order chi connectivity index (χ0) is 23.1. The van der Waals surface area contributed by atoms with Crippen LogP contribution in [0.5, 0.6) is 5.75 Å². The van der Waals surface area contributed by atoms with Crippen LogP contribution in [0.2, 0.25) is 0 Å². The molecule has 0 radical (unpaired) electrons. The summed E-state index contributed by atoms with van der Waals surface area (Å²) >= 11 is 1.10. The Bertz CT molecular complexity index is 1130. The summed E-state index contributed by atoms with van der Waals surface area (Å²) in [6, 6.07) is 9.63. The van der Waals surface area contributed by atoms with Crippen molar-refractivity contribution in [2.24, 2.45) is 0 Å². The van der Waals surface area contributed by atoms with Crippen molar-refractivity contribution in [3.8, 4) is 5.75 Å². The molecule has 0 saturated carbocycles. The van der Waals surface area contributed by atoms with E-state index in [9.17, 15) is 18.4 Å². The number of carbonyl (C=O) groups excluding carboxylic acids is 2. The molecule has 1 heterocycles. The van der Waals surface area contributed by atoms with Crippen LogP contribution in [-0.4, -0.2) is 37.0 Å². The molecule has 3 aromatic rings. The summed E-state index contributed by atoms with van der Waals surface area (Å²) in [4.78, 5) is 29.9. The van der Waals surface area contributed by atoms with Crippen LogP contribution in [0.15, 0.2) is 53.9 Å². The number of rotatable bonds is 9. The normalized spacial score (nSPS) is 11.0. The third-order valence-electron chi connectivity index (χ3n) is 4.27. The Hall–Kier alpha value is -3.43. The summed E-state index contributed by atoms with van der Waals surface area (Å²) < 4.78 is 37.8. The zero-order valence-electron chi connectivity index (χ0n) is 17.4. The predicted octanol–water partition coefficient (Wildman–Crippen LogP) is 5.03. The fourth-order valence-electron chi connectivity index (χ4n) is 2.74. The van der Waals surface area contributed by atoms with Gasteiger partial charge >= 0.3 is 0 Å². The molecule has 166 valence electrons. The lowest BCUT2D eigenvalue weighted by Gasteiger charge is -2.18. The molecule has 2 aromatic carbocycles. The minimum atomic E-state index is -0.877. The molecule has 0 bridgehead atoms. The zero-order valence-corrected chi connectivity index (χ0v) is 18.2. The Morgan fingerprint density at radius 2 is 1.88 bits per heavy atom. The second-order valence-electron chi connectivity index (χ2n) is 6.57. The van der Waals surface area contributed by atoms with E-state index in [2.05, 4.69) is 4.98 Å². The van der Waals surface area contributed by atoms with Crippen LogP contribution < -0.4 is 9.64 Å². The summed E-state index contributed by atoms with van der Waals surface area (Å²) in [5, 5.41) is 1.83. The van der Waals surface area contributed by atoms with E-state index in [0.29, 0.717) is 36.3 Å². The van der Waals surface area contributed by atoms with Crippen molar-refractivity contribution in [2.75, 3.05) is 25.2 Å². The quantitative estimate of drug-likeness (QED) is 0.256. The Balaban J connectivity index is 1.72. The molecule has 9 heteroatoms. The Labute approximate surface area is 187 Å². The van der Waals surface area contributed by atoms with Gasteiger partial charge in [0, 0.05) is 31.0 Å². The number of benzene rings is 2. The molecule has 0 aliphatic heterocycles. The lowest BCUT2D eigenvalue weighted by Crippen LogP contribution is -2.23. The molecule has 3 rings (SSSR count). The molecule has 0 unspecified atom stereocenters. The van der Waals surface area contributed by atoms with Gasteiger partial charge in [-0.3, -0.25) is 14.5 Å². The second-order valence-corrected chi connectivity index (χ2v) is 7.40. The van der Waals surface area contributed by atoms with Crippen LogP contribution in [0.4, 0.5) is 19.6 Å². The first-order valence-corrected chi connectivity index (χ1v) is 10.4. The number of methoxy groups -OCH3 is 1. The summed E-state index contributed by atoms with van der Waals surface area (Å²) in [6.07, 6.45) is 2.86. The van der Waals surface area contributed by atoms with Gasteiger partial charge in [-0.2, -0.15) is 0 Å². The smallest absolute Gasteiger partial charge is 0.230 e. The van der Waals surface area contributed by atoms with E-state index in [1.165, 1.54) is 25.1 Å². The largest absolute Gasteiger partial charge is 0.491 e. The molecular formula is C23H20F2N2O4S. The van der Waals surface area contributed by atoms with Crippen molar-refractivity contribution < 1.29 is 27.8 Å². The minimum Gasteiger partial charge on any atom is -0.491 e. The summed E-state index contributed by atoms with van der Waals surface area (Å²) in [6.45, 7) is 2.13. The number of hydrogen-bond acceptors (Lipinski definition) is 6. The molecule has 1 aromatic heterocycles. The number of halogens is 2. The standard InChI is InChI=1S/C23H20F2N2O4S/c1-15(28)27(21-9-5-17(24)13-20(21)25)23-26-18(14-32-23)6-10-22(29)16-3-7-19(8-4-16)31-12-11-30-2/h3-10,13-14H,11-12H2,1-2H3/b10-6+. The van der Waals surface area contributed by atoms with Crippen LogP contribution in [0, 0.1) is 11.6 Å². The molecule has 0 saturated heterocycles. The maximum absolute atomic E-state index is 14.2. The average molecular weight is 458 g/mol. The molecule has 0 atom stereocenters. The first kappa shape index (κ1) is 23.2. The van der Waals surface area contributed by atoms with Gasteiger partial charge in [0.15, 0.2) is 10.9 Å². The first-order valence-electron chi connectivity index (χ1n) is 9.54. The van der Waals surface area contributed by atoms with Gasteiger partial charge in [0.1, 0.15) is 24.0 Å². The molecule has 0 N–H and O–H groups in total. The summed E-state index contributed by atoms with van der Waals surface area (Å²) in [7, 11) is 1.58. The molecule has 0 fully saturated rings. The van der Waals surface area contributed by atoms with Crippen LogP contribution in [0.25, 0.3) is 6.08 Å². The third kappa shape index (κ3) is 5.83. The van der Waals surface area contributed by atoms with Gasteiger partial charge in [-0.1, -0.05) is 0 Å². The lowest BCUT2D eigenvalue weighted by molar-refractivity contribution is -0.115. The van der Waals surface area contributed by atoms with Crippen molar-refractivity contribution >= 4 is 39.9 Å². The highest BCUT2D eigenvalue weighted by Gasteiger charge is 2.21. The van der Waals surface area contributed by atoms with E-state index in [4.69, 9.17) is 9.47 Å². The summed E-state index contributed by atoms with van der Waals surface area (Å²) in [5.74, 6) is -1.72. The van der Waals surface area contributed by atoms with Crippen molar-refractivity contribution in [3.63, 3.8) is 0 Å². The van der Waals surface area contributed by atoms with E-state index >= 15 is 0 Å². The van der Waals surface area contributed by atoms with Gasteiger partial charge in [0.2, 0.25) is 5.91 Å². The Morgan fingerprint density at radius 3 is 2.53 bits per heavy atom. The molecule has 0 aliphatic carbocycles. The maximum atomic E-state index is 14.2. The number of carbonyl (C=O) groups is 2. The van der Waals surface area contributed by atoms with Gasteiger partial charge < -0.3 is 9.47 Å². The van der Waals surface area contributed by atoms with E-state index in [1.54, 1.807) is 36.8 Å². The first-order chi connectivity index (χ1) is 15.4. The van der Waals surface area contributed by atoms with Crippen LogP contribution >= 0.6 is 11.3 Å². The number of aromatic nitrogens is 1. The van der Waals surface area contributed by atoms with Gasteiger partial charge in [-0.05, 0) is 48.6 Å². The third-order valence-corrected chi connectivity index (χ3v) is 5.11. The van der Waals surface area contributed by atoms with Crippen LogP contribution in [0.3, 0.4) is 0 Å². The Morgan fingerprint density at radius 1 is 1.12 bits per heavy atom. The predicted molar refractivity (Wildman–Crippen MR) is 118 cm³/mol. The number of allylic oxidation sites excluding steroid dienone is 1. The van der Waals surface area contributed by atoms with Crippen LogP contribution in [0.1, 0.15) is 23.0 Å². The van der Waals surface area contributed by atoms with E-state index in [0.717, 1.165) is 22.3 Å². The van der Waals surface area contributed by atoms with Gasteiger partial charge in [-0.15, -0.1) is 11.3 Å². The number of anilines is 2. The monoisotopic (exact) mass is 458 g/mol. The molecule has 6 nitrogen and oxygen atoms in total. The van der Waals surface area contributed by atoms with Gasteiger partial charge in [0.25, 0.3) is 0 Å². The SMILES string of the molecule is COCCOc1ccc(C(=O)/C=C/c2csc(N(C(C)=O)c3ccc(F)cc3F)n2)cc1. The topological polar surface area (TPSA) is 68.7 Å². The van der Waals surface area contributed by atoms with E-state index in [1.807, 2.05) is 0 Å². The van der Waals surface area contributed by atoms with Gasteiger partial charge in [-0.25, -0.2) is 13.8 Å². The van der Waals surface area contributed by atoms with Crippen molar-refractivity contribution in [3.05, 3.63) is 76.8 Å². The average Bonchev–Trinajstić information content (AvgIpc) is 3.22. The van der Waals surface area contributed by atoms with E-state index < -0.39 is 17.5 Å². The van der Waals surface area contributed by atoms with Crippen molar-refractivity contribution in [1.29, 1.82) is 0 Å². The van der Waals surface area contributed by atoms with E-state index in [-0.39, 0.29) is 16.6 Å². The maximum Gasteiger partial charge on any atom is 0.230 e. The minimum absolute atomic E-state index is 0.104. The van der Waals surface area contributed by atoms with Crippen molar-refractivity contribution in [1.82, 2.24) is 4.98 Å². The lowest BCUT2D eigenvalue weighted by atomic mass is 10.1. The number of amides is 1. The Kier molecular flexibility index (Phi) is 7.80. The number of thiazole rings is 1. The molecule has 0 spiro atoms. The highest BCUT2D eigenvalue weighted by Crippen LogP contribution is 2.31.